The van der Waals surface area contributed by atoms with Crippen LogP contribution in [-0.2, 0) is 0 Å². The van der Waals surface area contributed by atoms with Crippen molar-refractivity contribution in [3.05, 3.63) is 0 Å². The van der Waals surface area contributed by atoms with Crippen LogP contribution in [0.3, 0.4) is 0 Å². The van der Waals surface area contributed by atoms with Crippen LogP contribution in [0.1, 0.15) is 6.92 Å². The second-order valence-corrected chi connectivity index (χ2v) is 2.28. The van der Waals surface area contributed by atoms with Crippen molar-refractivity contribution < 1.29 is 9.90 Å². The predicted octanol–water partition coefficient (Wildman–Crippen LogP) is -0.746. The maximum atomic E-state index is 10.4. The molecular formula is C5H10N2O2. The second kappa shape index (κ2) is 2.23. The van der Waals surface area contributed by atoms with Crippen LogP contribution in [0, 0.1) is 5.92 Å². The molecule has 4 nitrogen and oxygen atoms in total. The van der Waals surface area contributed by atoms with Gasteiger partial charge in [0.05, 0.1) is 0 Å². The Kier molecular flexibility index (Phi) is 1.57. The number of rotatable bonds is 0. The number of amides is 2. The Balaban J connectivity index is 2.44. The maximum Gasteiger partial charge on any atom is 0.316 e. The van der Waals surface area contributed by atoms with Crippen LogP contribution < -0.4 is 10.6 Å². The third-order valence-electron chi connectivity index (χ3n) is 1.40. The molecule has 0 radical (unpaired) electrons. The van der Waals surface area contributed by atoms with Crippen molar-refractivity contribution >= 4 is 6.03 Å². The number of nitrogens with one attached hydrogen (secondary N) is 2. The fourth-order valence-electron chi connectivity index (χ4n) is 0.693. The van der Waals surface area contributed by atoms with Gasteiger partial charge in [0.25, 0.3) is 0 Å². The summed E-state index contributed by atoms with van der Waals surface area (Å²) in [5.41, 5.74) is 0. The van der Waals surface area contributed by atoms with Gasteiger partial charge in [0, 0.05) is 12.5 Å². The summed E-state index contributed by atoms with van der Waals surface area (Å²) >= 11 is 0. The molecule has 0 aromatic carbocycles. The molecule has 2 unspecified atom stereocenters. The topological polar surface area (TPSA) is 61.4 Å². The lowest BCUT2D eigenvalue weighted by molar-refractivity contribution is 0.0767. The van der Waals surface area contributed by atoms with Crippen LogP contribution in [0.2, 0.25) is 0 Å². The van der Waals surface area contributed by atoms with E-state index in [1.807, 2.05) is 6.92 Å². The van der Waals surface area contributed by atoms with Crippen molar-refractivity contribution in [2.24, 2.45) is 5.92 Å². The molecule has 0 bridgehead atoms. The van der Waals surface area contributed by atoms with Gasteiger partial charge in [-0.1, -0.05) is 6.92 Å². The van der Waals surface area contributed by atoms with Crippen LogP contribution in [-0.4, -0.2) is 23.9 Å². The molecule has 0 aromatic heterocycles. The minimum atomic E-state index is -0.682. The zero-order valence-corrected chi connectivity index (χ0v) is 5.22. The summed E-state index contributed by atoms with van der Waals surface area (Å²) < 4.78 is 0. The number of hydrogen-bond donors (Lipinski definition) is 3. The zero-order valence-electron chi connectivity index (χ0n) is 5.22. The monoisotopic (exact) mass is 130 g/mol. The average molecular weight is 130 g/mol. The van der Waals surface area contributed by atoms with E-state index in [0.29, 0.717) is 6.54 Å². The molecule has 1 aliphatic rings. The summed E-state index contributed by atoms with van der Waals surface area (Å²) in [5, 5.41) is 13.9. The summed E-state index contributed by atoms with van der Waals surface area (Å²) in [5.74, 6) is 0.0997. The fraction of sp³-hybridized carbons (Fsp3) is 0.800. The van der Waals surface area contributed by atoms with Gasteiger partial charge in [0.2, 0.25) is 0 Å². The quantitative estimate of drug-likeness (QED) is 0.404. The van der Waals surface area contributed by atoms with E-state index < -0.39 is 6.23 Å². The van der Waals surface area contributed by atoms with Gasteiger partial charge in [-0.25, -0.2) is 4.79 Å². The lowest BCUT2D eigenvalue weighted by Gasteiger charge is -2.25. The number of aliphatic hydroxyl groups excluding tert-OH is 1. The predicted molar refractivity (Wildman–Crippen MR) is 31.7 cm³/mol. The first-order chi connectivity index (χ1) is 4.20. The van der Waals surface area contributed by atoms with E-state index in [9.17, 15) is 4.79 Å². The van der Waals surface area contributed by atoms with Gasteiger partial charge in [-0.05, 0) is 0 Å². The van der Waals surface area contributed by atoms with Crippen molar-refractivity contribution in [1.29, 1.82) is 0 Å². The Bertz CT molecular complexity index is 126. The first kappa shape index (κ1) is 6.35. The van der Waals surface area contributed by atoms with Crippen LogP contribution in [0.15, 0.2) is 0 Å². The molecule has 2 amide bonds. The Morgan fingerprint density at radius 3 is 2.89 bits per heavy atom. The molecule has 1 heterocycles. The number of urea groups is 1. The standard InChI is InChI=1S/C5H10N2O2/c1-3-2-6-5(9)7-4(3)8/h3-4,8H,2H2,1H3,(H2,6,7,9). The highest BCUT2D eigenvalue weighted by atomic mass is 16.3. The number of carbonyl (C=O) groups excluding carboxylic acids is 1. The van der Waals surface area contributed by atoms with Gasteiger partial charge in [-0.3, -0.25) is 0 Å². The van der Waals surface area contributed by atoms with Gasteiger partial charge in [-0.15, -0.1) is 0 Å². The van der Waals surface area contributed by atoms with Gasteiger partial charge < -0.3 is 15.7 Å². The molecule has 2 atom stereocenters. The van der Waals surface area contributed by atoms with Crippen molar-refractivity contribution in [1.82, 2.24) is 10.6 Å². The molecule has 52 valence electrons. The molecule has 1 fully saturated rings. The van der Waals surface area contributed by atoms with E-state index in [2.05, 4.69) is 10.6 Å². The fourth-order valence-corrected chi connectivity index (χ4v) is 0.693. The molecule has 1 rings (SSSR count). The third kappa shape index (κ3) is 1.32. The summed E-state index contributed by atoms with van der Waals surface area (Å²) in [7, 11) is 0. The number of carbonyl (C=O) groups is 1. The molecule has 0 aliphatic carbocycles. The normalized spacial score (nSPS) is 35.1. The minimum absolute atomic E-state index is 0.0997. The molecule has 0 aromatic rings. The second-order valence-electron chi connectivity index (χ2n) is 2.28. The van der Waals surface area contributed by atoms with Crippen molar-refractivity contribution in [3.8, 4) is 0 Å². The van der Waals surface area contributed by atoms with Crippen molar-refractivity contribution in [2.45, 2.75) is 13.2 Å². The molecule has 0 spiro atoms. The summed E-state index contributed by atoms with van der Waals surface area (Å²) in [6.45, 7) is 2.41. The van der Waals surface area contributed by atoms with Crippen LogP contribution in [0.25, 0.3) is 0 Å². The number of aliphatic hydroxyl groups is 1. The molecule has 1 saturated heterocycles. The van der Waals surface area contributed by atoms with Crippen molar-refractivity contribution in [3.63, 3.8) is 0 Å². The largest absolute Gasteiger partial charge is 0.373 e. The smallest absolute Gasteiger partial charge is 0.316 e. The highest BCUT2D eigenvalue weighted by molar-refractivity contribution is 5.74. The number of hydrogen-bond acceptors (Lipinski definition) is 2. The van der Waals surface area contributed by atoms with E-state index in [1.54, 1.807) is 0 Å². The first-order valence-electron chi connectivity index (χ1n) is 2.92. The highest BCUT2D eigenvalue weighted by Crippen LogP contribution is 2.01. The summed E-state index contributed by atoms with van der Waals surface area (Å²) in [6, 6.07) is -0.291. The van der Waals surface area contributed by atoms with Gasteiger partial charge in [0.1, 0.15) is 6.23 Å². The summed E-state index contributed by atoms with van der Waals surface area (Å²) in [4.78, 5) is 10.4. The lowest BCUT2D eigenvalue weighted by Crippen LogP contribution is -2.53. The highest BCUT2D eigenvalue weighted by Gasteiger charge is 2.21. The Hall–Kier alpha value is -0.770. The van der Waals surface area contributed by atoms with Crippen molar-refractivity contribution in [2.75, 3.05) is 6.54 Å². The Morgan fingerprint density at radius 2 is 2.44 bits per heavy atom. The van der Waals surface area contributed by atoms with E-state index >= 15 is 0 Å². The van der Waals surface area contributed by atoms with E-state index in [0.717, 1.165) is 0 Å². The third-order valence-corrected chi connectivity index (χ3v) is 1.40. The first-order valence-corrected chi connectivity index (χ1v) is 2.92. The minimum Gasteiger partial charge on any atom is -0.373 e. The lowest BCUT2D eigenvalue weighted by atomic mass is 10.1. The summed E-state index contributed by atoms with van der Waals surface area (Å²) in [6.07, 6.45) is -0.682. The Labute approximate surface area is 53.2 Å². The van der Waals surface area contributed by atoms with E-state index in [-0.39, 0.29) is 11.9 Å². The molecular weight excluding hydrogens is 120 g/mol. The maximum absolute atomic E-state index is 10.4. The van der Waals surface area contributed by atoms with E-state index in [4.69, 9.17) is 5.11 Å². The molecule has 9 heavy (non-hydrogen) atoms. The zero-order chi connectivity index (χ0) is 6.85. The van der Waals surface area contributed by atoms with Gasteiger partial charge in [0.15, 0.2) is 0 Å². The van der Waals surface area contributed by atoms with Gasteiger partial charge in [-0.2, -0.15) is 0 Å². The average Bonchev–Trinajstić information content (AvgIpc) is 1.80. The SMILES string of the molecule is CC1CNC(=O)NC1O. The Morgan fingerprint density at radius 1 is 1.78 bits per heavy atom. The van der Waals surface area contributed by atoms with Gasteiger partial charge >= 0.3 is 6.03 Å². The van der Waals surface area contributed by atoms with Crippen LogP contribution in [0.5, 0.6) is 0 Å². The van der Waals surface area contributed by atoms with E-state index in [1.165, 1.54) is 0 Å². The molecule has 0 saturated carbocycles. The van der Waals surface area contributed by atoms with Crippen LogP contribution in [0.4, 0.5) is 4.79 Å². The molecule has 1 aliphatic heterocycles. The van der Waals surface area contributed by atoms with Crippen LogP contribution >= 0.6 is 0 Å². The molecule has 4 heteroatoms. The molecule has 3 N–H and O–H groups in total.